The van der Waals surface area contributed by atoms with Gasteiger partial charge in [-0.25, -0.2) is 5.01 Å². The second-order valence-corrected chi connectivity index (χ2v) is 4.19. The molecule has 3 N–H and O–H groups in total. The van der Waals surface area contributed by atoms with Gasteiger partial charge in [0.15, 0.2) is 0 Å². The summed E-state index contributed by atoms with van der Waals surface area (Å²) in [6.45, 7) is 1.99. The van der Waals surface area contributed by atoms with Crippen molar-refractivity contribution in [2.45, 2.75) is 19.3 Å². The highest BCUT2D eigenvalue weighted by Gasteiger charge is 2.13. The van der Waals surface area contributed by atoms with Crippen LogP contribution in [0.2, 0.25) is 0 Å². The number of nitrogens with one attached hydrogen (secondary N) is 1. The molecule has 1 aliphatic rings. The van der Waals surface area contributed by atoms with E-state index in [1.807, 2.05) is 0 Å². The third kappa shape index (κ3) is 2.85. The topological polar surface area (TPSA) is 84.4 Å². The molecule has 0 unspecified atom stereocenters. The lowest BCUT2D eigenvalue weighted by Crippen LogP contribution is -2.34. The monoisotopic (exact) mass is 236 g/mol. The first-order valence-corrected chi connectivity index (χ1v) is 5.72. The van der Waals surface area contributed by atoms with E-state index in [4.69, 9.17) is 5.73 Å². The zero-order valence-corrected chi connectivity index (χ0v) is 9.56. The van der Waals surface area contributed by atoms with Gasteiger partial charge in [0, 0.05) is 19.2 Å². The number of hydrazine groups is 1. The molecule has 1 saturated heterocycles. The largest absolute Gasteiger partial charge is 0.393 e. The van der Waals surface area contributed by atoms with Crippen LogP contribution in [0.1, 0.15) is 19.3 Å². The minimum atomic E-state index is -0.472. The zero-order chi connectivity index (χ0) is 12.3. The molecule has 1 aromatic carbocycles. The zero-order valence-electron chi connectivity index (χ0n) is 9.56. The molecule has 0 aliphatic carbocycles. The van der Waals surface area contributed by atoms with Gasteiger partial charge >= 0.3 is 0 Å². The lowest BCUT2D eigenvalue weighted by molar-refractivity contribution is -0.383. The third-order valence-corrected chi connectivity index (χ3v) is 2.87. The molecule has 0 bridgehead atoms. The van der Waals surface area contributed by atoms with Gasteiger partial charge in [-0.2, -0.15) is 0 Å². The maximum absolute atomic E-state index is 10.6. The number of nitro groups is 1. The molecule has 0 saturated carbocycles. The number of hydrogen-bond acceptors (Lipinski definition) is 5. The van der Waals surface area contributed by atoms with Crippen LogP contribution < -0.4 is 11.2 Å². The van der Waals surface area contributed by atoms with Crippen LogP contribution in [0, 0.1) is 10.1 Å². The van der Waals surface area contributed by atoms with E-state index in [9.17, 15) is 10.1 Å². The van der Waals surface area contributed by atoms with Gasteiger partial charge in [0.05, 0.1) is 10.6 Å². The average molecular weight is 236 g/mol. The van der Waals surface area contributed by atoms with Crippen LogP contribution in [0.25, 0.3) is 0 Å². The summed E-state index contributed by atoms with van der Waals surface area (Å²) >= 11 is 0. The molecule has 6 heteroatoms. The normalized spacial score (nSPS) is 16.7. The van der Waals surface area contributed by atoms with E-state index in [1.54, 1.807) is 12.1 Å². The first-order chi connectivity index (χ1) is 8.16. The third-order valence-electron chi connectivity index (χ3n) is 2.87. The summed E-state index contributed by atoms with van der Waals surface area (Å²) in [7, 11) is 0. The van der Waals surface area contributed by atoms with E-state index >= 15 is 0 Å². The molecular formula is C11H16N4O2. The Hall–Kier alpha value is -1.82. The summed E-state index contributed by atoms with van der Waals surface area (Å²) in [5.74, 6) is 0. The molecule has 2 rings (SSSR count). The number of nitrogens with two attached hydrogens (primary N) is 1. The van der Waals surface area contributed by atoms with Crippen molar-refractivity contribution in [2.24, 2.45) is 0 Å². The van der Waals surface area contributed by atoms with Crippen LogP contribution in [0.3, 0.4) is 0 Å². The highest BCUT2D eigenvalue weighted by Crippen LogP contribution is 2.25. The van der Waals surface area contributed by atoms with Crippen molar-refractivity contribution in [1.82, 2.24) is 5.01 Å². The van der Waals surface area contributed by atoms with Gasteiger partial charge in [-0.05, 0) is 25.0 Å². The van der Waals surface area contributed by atoms with Crippen LogP contribution >= 0.6 is 0 Å². The molecule has 92 valence electrons. The van der Waals surface area contributed by atoms with Crippen molar-refractivity contribution in [3.63, 3.8) is 0 Å². The molecule has 0 atom stereocenters. The molecule has 0 radical (unpaired) electrons. The maximum Gasteiger partial charge on any atom is 0.292 e. The van der Waals surface area contributed by atoms with E-state index in [2.05, 4.69) is 10.4 Å². The van der Waals surface area contributed by atoms with Gasteiger partial charge in [0.1, 0.15) is 5.69 Å². The molecule has 1 aliphatic heterocycles. The number of piperidine rings is 1. The van der Waals surface area contributed by atoms with Crippen molar-refractivity contribution < 1.29 is 4.92 Å². The van der Waals surface area contributed by atoms with Crippen LogP contribution in [-0.2, 0) is 0 Å². The summed E-state index contributed by atoms with van der Waals surface area (Å²) < 4.78 is 0. The highest BCUT2D eigenvalue weighted by molar-refractivity contribution is 5.65. The van der Waals surface area contributed by atoms with Crippen LogP contribution in [0.15, 0.2) is 18.2 Å². The van der Waals surface area contributed by atoms with Gasteiger partial charge in [0.2, 0.25) is 0 Å². The number of rotatable bonds is 3. The van der Waals surface area contributed by atoms with Crippen molar-refractivity contribution >= 4 is 17.1 Å². The van der Waals surface area contributed by atoms with Gasteiger partial charge in [-0.1, -0.05) is 6.42 Å². The number of nitrogen functional groups attached to an aromatic ring is 1. The SMILES string of the molecule is Nc1cc(NN2CCCCC2)ccc1[N+](=O)[O-]. The molecule has 0 aromatic heterocycles. The van der Waals surface area contributed by atoms with Crippen molar-refractivity contribution in [1.29, 1.82) is 0 Å². The van der Waals surface area contributed by atoms with Crippen LogP contribution in [0.5, 0.6) is 0 Å². The second-order valence-electron chi connectivity index (χ2n) is 4.19. The Labute approximate surface area is 99.5 Å². The Morgan fingerprint density at radius 2 is 2.00 bits per heavy atom. The molecule has 1 aromatic rings. The molecule has 0 amide bonds. The fourth-order valence-electron chi connectivity index (χ4n) is 1.98. The Balaban J connectivity index is 2.06. The van der Waals surface area contributed by atoms with Gasteiger partial charge in [-0.3, -0.25) is 10.1 Å². The Bertz CT molecular complexity index is 416. The lowest BCUT2D eigenvalue weighted by Gasteiger charge is -2.27. The first kappa shape index (κ1) is 11.7. The molecular weight excluding hydrogens is 220 g/mol. The first-order valence-electron chi connectivity index (χ1n) is 5.72. The van der Waals surface area contributed by atoms with E-state index < -0.39 is 4.92 Å². The Morgan fingerprint density at radius 3 is 2.59 bits per heavy atom. The smallest absolute Gasteiger partial charge is 0.292 e. The predicted octanol–water partition coefficient (Wildman–Crippen LogP) is 1.99. The van der Waals surface area contributed by atoms with E-state index in [-0.39, 0.29) is 11.4 Å². The molecule has 0 spiro atoms. The van der Waals surface area contributed by atoms with Crippen LogP contribution in [0.4, 0.5) is 17.1 Å². The standard InChI is InChI=1S/C11H16N4O2/c12-10-8-9(4-5-11(10)15(16)17)13-14-6-2-1-3-7-14/h4-5,8,13H,1-3,6-7,12H2. The van der Waals surface area contributed by atoms with E-state index in [0.717, 1.165) is 18.8 Å². The van der Waals surface area contributed by atoms with Gasteiger partial charge in [-0.15, -0.1) is 0 Å². The van der Waals surface area contributed by atoms with Gasteiger partial charge < -0.3 is 11.2 Å². The minimum absolute atomic E-state index is 0.0470. The molecule has 17 heavy (non-hydrogen) atoms. The highest BCUT2D eigenvalue weighted by atomic mass is 16.6. The summed E-state index contributed by atoms with van der Waals surface area (Å²) in [6.07, 6.45) is 3.62. The molecule has 6 nitrogen and oxygen atoms in total. The number of nitro benzene ring substituents is 1. The number of benzene rings is 1. The van der Waals surface area contributed by atoms with E-state index in [1.165, 1.54) is 25.3 Å². The quantitative estimate of drug-likeness (QED) is 0.476. The Morgan fingerprint density at radius 1 is 1.29 bits per heavy atom. The molecule has 1 fully saturated rings. The van der Waals surface area contributed by atoms with Crippen LogP contribution in [-0.4, -0.2) is 23.0 Å². The number of anilines is 2. The summed E-state index contributed by atoms with van der Waals surface area (Å²) in [5.41, 5.74) is 9.79. The molecule has 1 heterocycles. The fourth-order valence-corrected chi connectivity index (χ4v) is 1.98. The van der Waals surface area contributed by atoms with Crippen molar-refractivity contribution in [3.8, 4) is 0 Å². The average Bonchev–Trinajstić information content (AvgIpc) is 2.30. The number of nitrogens with zero attached hydrogens (tertiary/aromatic N) is 2. The van der Waals surface area contributed by atoms with E-state index in [0.29, 0.717) is 0 Å². The van der Waals surface area contributed by atoms with Gasteiger partial charge in [0.25, 0.3) is 5.69 Å². The van der Waals surface area contributed by atoms with Crippen molar-refractivity contribution in [2.75, 3.05) is 24.2 Å². The fraction of sp³-hybridized carbons (Fsp3) is 0.455. The van der Waals surface area contributed by atoms with Crippen molar-refractivity contribution in [3.05, 3.63) is 28.3 Å². The Kier molecular flexibility index (Phi) is 3.43. The predicted molar refractivity (Wildman–Crippen MR) is 66.6 cm³/mol. The minimum Gasteiger partial charge on any atom is -0.393 e. The second kappa shape index (κ2) is 5.01. The maximum atomic E-state index is 10.6. The number of hydrogen-bond donors (Lipinski definition) is 2. The lowest BCUT2D eigenvalue weighted by atomic mass is 10.2. The summed E-state index contributed by atoms with van der Waals surface area (Å²) in [6, 6.07) is 4.72. The summed E-state index contributed by atoms with van der Waals surface area (Å²) in [5, 5.41) is 12.7. The summed E-state index contributed by atoms with van der Waals surface area (Å²) in [4.78, 5) is 10.1.